The molecule has 4 rings (SSSR count). The third-order valence-corrected chi connectivity index (χ3v) is 4.92. The van der Waals surface area contributed by atoms with Crippen molar-refractivity contribution in [2.75, 3.05) is 14.2 Å². The van der Waals surface area contributed by atoms with Crippen molar-refractivity contribution in [1.29, 1.82) is 0 Å². The van der Waals surface area contributed by atoms with Crippen LogP contribution in [0, 0.1) is 0 Å². The summed E-state index contributed by atoms with van der Waals surface area (Å²) in [5, 5.41) is 0. The zero-order chi connectivity index (χ0) is 22.3. The molecule has 0 N–H and O–H groups in total. The Balaban J connectivity index is 1.61. The van der Waals surface area contributed by atoms with Crippen molar-refractivity contribution in [3.63, 3.8) is 0 Å². The van der Waals surface area contributed by atoms with Crippen LogP contribution in [0.2, 0.25) is 0 Å². The van der Waals surface area contributed by atoms with Gasteiger partial charge in [-0.2, -0.15) is 0 Å². The van der Waals surface area contributed by atoms with Crippen LogP contribution in [0.4, 0.5) is 0 Å². The number of nitrogens with zero attached hydrogens (tertiary/aromatic N) is 1. The van der Waals surface area contributed by atoms with Gasteiger partial charge in [0.05, 0.1) is 14.2 Å². The molecule has 1 heterocycles. The molecule has 0 fully saturated rings. The van der Waals surface area contributed by atoms with Gasteiger partial charge in [-0.3, -0.25) is 4.79 Å². The third-order valence-electron chi connectivity index (χ3n) is 4.92. The third kappa shape index (κ3) is 4.98. The predicted octanol–water partition coefficient (Wildman–Crippen LogP) is 5.31. The first kappa shape index (κ1) is 21.2. The maximum Gasteiger partial charge on any atom is 0.314 e. The highest BCUT2D eigenvalue weighted by Crippen LogP contribution is 2.34. The molecule has 6 nitrogen and oxygen atoms in total. The van der Waals surface area contributed by atoms with E-state index in [1.807, 2.05) is 78.9 Å². The van der Waals surface area contributed by atoms with Gasteiger partial charge < -0.3 is 18.6 Å². The van der Waals surface area contributed by atoms with Gasteiger partial charge in [-0.05, 0) is 54.1 Å². The molecule has 162 valence electrons. The van der Waals surface area contributed by atoms with Gasteiger partial charge in [0.15, 0.2) is 5.76 Å². The van der Waals surface area contributed by atoms with Crippen LogP contribution in [0.5, 0.6) is 11.5 Å². The van der Waals surface area contributed by atoms with E-state index in [1.54, 1.807) is 7.11 Å². The molecule has 3 aromatic carbocycles. The molecule has 0 aliphatic heterocycles. The Bertz CT molecular complexity index is 1170. The lowest BCUT2D eigenvalue weighted by Crippen LogP contribution is -2.04. The van der Waals surface area contributed by atoms with Crippen LogP contribution in [-0.2, 0) is 22.6 Å². The van der Waals surface area contributed by atoms with E-state index in [-0.39, 0.29) is 6.42 Å². The second-order valence-corrected chi connectivity index (χ2v) is 7.07. The van der Waals surface area contributed by atoms with E-state index in [4.69, 9.17) is 18.6 Å². The van der Waals surface area contributed by atoms with Crippen molar-refractivity contribution in [2.45, 2.75) is 13.0 Å². The molecule has 0 atom stereocenters. The molecule has 6 heteroatoms. The number of ether oxygens (including phenoxy) is 3. The summed E-state index contributed by atoms with van der Waals surface area (Å²) in [6.45, 7) is 0.489. The SMILES string of the molecule is COC(=O)Cc1nc(-c2ccc(OC)cc2)c(-c2ccc(OCc3ccccc3)cc2)o1. The summed E-state index contributed by atoms with van der Waals surface area (Å²) < 4.78 is 21.8. The summed E-state index contributed by atoms with van der Waals surface area (Å²) in [7, 11) is 2.96. The Hall–Kier alpha value is -4.06. The molecule has 0 aliphatic rings. The number of hydrogen-bond acceptors (Lipinski definition) is 6. The van der Waals surface area contributed by atoms with Gasteiger partial charge in [-0.1, -0.05) is 30.3 Å². The molecule has 0 saturated carbocycles. The fourth-order valence-corrected chi connectivity index (χ4v) is 3.22. The second kappa shape index (κ2) is 9.83. The standard InChI is InChI=1S/C26H23NO5/c1-29-21-12-8-19(9-13-21)25-26(32-23(27-25)16-24(28)30-2)20-10-14-22(15-11-20)31-17-18-6-4-3-5-7-18/h3-15H,16-17H2,1-2H3. The van der Waals surface area contributed by atoms with Gasteiger partial charge >= 0.3 is 5.97 Å². The van der Waals surface area contributed by atoms with Gasteiger partial charge in [0.25, 0.3) is 0 Å². The minimum atomic E-state index is -0.413. The Labute approximate surface area is 186 Å². The summed E-state index contributed by atoms with van der Waals surface area (Å²) in [6, 6.07) is 25.1. The first-order chi connectivity index (χ1) is 15.7. The molecule has 1 aromatic heterocycles. The lowest BCUT2D eigenvalue weighted by molar-refractivity contribution is -0.140. The first-order valence-electron chi connectivity index (χ1n) is 10.1. The number of rotatable bonds is 8. The summed E-state index contributed by atoms with van der Waals surface area (Å²) in [5.74, 6) is 1.95. The average Bonchev–Trinajstić information content (AvgIpc) is 3.27. The van der Waals surface area contributed by atoms with Crippen molar-refractivity contribution >= 4 is 5.97 Å². The van der Waals surface area contributed by atoms with Crippen molar-refractivity contribution < 1.29 is 23.4 Å². The maximum absolute atomic E-state index is 11.7. The van der Waals surface area contributed by atoms with Gasteiger partial charge in [0.1, 0.15) is 30.2 Å². The van der Waals surface area contributed by atoms with Crippen molar-refractivity contribution in [1.82, 2.24) is 4.98 Å². The molecule has 32 heavy (non-hydrogen) atoms. The maximum atomic E-state index is 11.7. The number of methoxy groups -OCH3 is 2. The van der Waals surface area contributed by atoms with E-state index in [0.717, 1.165) is 28.2 Å². The van der Waals surface area contributed by atoms with Gasteiger partial charge in [0, 0.05) is 11.1 Å². The quantitative estimate of drug-likeness (QED) is 0.354. The fourth-order valence-electron chi connectivity index (χ4n) is 3.22. The van der Waals surface area contributed by atoms with Gasteiger partial charge in [-0.15, -0.1) is 0 Å². The van der Waals surface area contributed by atoms with E-state index >= 15 is 0 Å². The number of esters is 1. The van der Waals surface area contributed by atoms with E-state index in [2.05, 4.69) is 4.98 Å². The van der Waals surface area contributed by atoms with Gasteiger partial charge in [-0.25, -0.2) is 4.98 Å². The summed E-state index contributed by atoms with van der Waals surface area (Å²) in [6.07, 6.45) is -0.0437. The number of benzene rings is 3. The van der Waals surface area contributed by atoms with Crippen LogP contribution in [-0.4, -0.2) is 25.2 Å². The van der Waals surface area contributed by atoms with E-state index < -0.39 is 5.97 Å². The monoisotopic (exact) mass is 429 g/mol. The number of oxazole rings is 1. The molecular formula is C26H23NO5. The predicted molar refractivity (Wildman–Crippen MR) is 120 cm³/mol. The molecule has 0 bridgehead atoms. The summed E-state index contributed by atoms with van der Waals surface area (Å²) in [4.78, 5) is 16.3. The Morgan fingerprint density at radius 3 is 2.16 bits per heavy atom. The minimum Gasteiger partial charge on any atom is -0.497 e. The normalized spacial score (nSPS) is 10.6. The van der Waals surface area contributed by atoms with Crippen molar-refractivity contribution in [2.24, 2.45) is 0 Å². The van der Waals surface area contributed by atoms with Crippen LogP contribution in [0.15, 0.2) is 83.3 Å². The smallest absolute Gasteiger partial charge is 0.314 e. The molecule has 0 spiro atoms. The van der Waals surface area contributed by atoms with E-state index in [9.17, 15) is 4.79 Å². The highest BCUT2D eigenvalue weighted by molar-refractivity contribution is 5.78. The molecule has 4 aromatic rings. The van der Waals surface area contributed by atoms with E-state index in [0.29, 0.717) is 24.0 Å². The van der Waals surface area contributed by atoms with Crippen LogP contribution < -0.4 is 9.47 Å². The zero-order valence-electron chi connectivity index (χ0n) is 17.9. The van der Waals surface area contributed by atoms with Gasteiger partial charge in [0.2, 0.25) is 5.89 Å². The Kier molecular flexibility index (Phi) is 6.51. The number of carbonyl (C=O) groups is 1. The topological polar surface area (TPSA) is 70.8 Å². The summed E-state index contributed by atoms with van der Waals surface area (Å²) >= 11 is 0. The van der Waals surface area contributed by atoms with Crippen LogP contribution in [0.1, 0.15) is 11.5 Å². The number of carbonyl (C=O) groups excluding carboxylic acids is 1. The largest absolute Gasteiger partial charge is 0.497 e. The van der Waals surface area contributed by atoms with Crippen LogP contribution in [0.25, 0.3) is 22.6 Å². The molecule has 0 aliphatic carbocycles. The van der Waals surface area contributed by atoms with Crippen molar-refractivity contribution in [3.05, 3.63) is 90.3 Å². The lowest BCUT2D eigenvalue weighted by atomic mass is 10.1. The zero-order valence-corrected chi connectivity index (χ0v) is 17.9. The second-order valence-electron chi connectivity index (χ2n) is 7.07. The molecule has 0 amide bonds. The molecule has 0 saturated heterocycles. The molecule has 0 radical (unpaired) electrons. The van der Waals surface area contributed by atoms with Crippen LogP contribution >= 0.6 is 0 Å². The highest BCUT2D eigenvalue weighted by atomic mass is 16.5. The van der Waals surface area contributed by atoms with Crippen LogP contribution in [0.3, 0.4) is 0 Å². The molecular weight excluding hydrogens is 406 g/mol. The minimum absolute atomic E-state index is 0.0437. The number of aromatic nitrogens is 1. The Morgan fingerprint density at radius 2 is 1.50 bits per heavy atom. The van der Waals surface area contributed by atoms with E-state index in [1.165, 1.54) is 7.11 Å². The van der Waals surface area contributed by atoms with Crippen molar-refractivity contribution in [3.8, 4) is 34.1 Å². The molecule has 0 unspecified atom stereocenters. The Morgan fingerprint density at radius 1 is 0.844 bits per heavy atom. The lowest BCUT2D eigenvalue weighted by Gasteiger charge is -2.07. The number of hydrogen-bond donors (Lipinski definition) is 0. The fraction of sp³-hybridized carbons (Fsp3) is 0.154. The first-order valence-corrected chi connectivity index (χ1v) is 10.1. The summed E-state index contributed by atoms with van der Waals surface area (Å²) in [5.41, 5.74) is 3.42. The highest BCUT2D eigenvalue weighted by Gasteiger charge is 2.19. The average molecular weight is 429 g/mol.